The zero-order chi connectivity index (χ0) is 16.4. The summed E-state index contributed by atoms with van der Waals surface area (Å²) in [5, 5.41) is 0. The molecule has 1 rings (SSSR count). The highest BCUT2D eigenvalue weighted by Gasteiger charge is 2.28. The molecule has 0 N–H and O–H groups in total. The third-order valence-corrected chi connectivity index (χ3v) is 5.55. The van der Waals surface area contributed by atoms with Crippen molar-refractivity contribution < 1.29 is 23.8 Å². The molecule has 1 aromatic heterocycles. The van der Waals surface area contributed by atoms with Crippen LogP contribution in [0.4, 0.5) is 0 Å². The summed E-state index contributed by atoms with van der Waals surface area (Å²) in [6, 6.07) is 0. The zero-order valence-corrected chi connectivity index (χ0v) is 16.3. The molecule has 21 heavy (non-hydrogen) atoms. The van der Waals surface area contributed by atoms with Crippen molar-refractivity contribution in [3.05, 3.63) is 13.1 Å². The van der Waals surface area contributed by atoms with Crippen LogP contribution in [-0.2, 0) is 14.3 Å². The molecule has 0 amide bonds. The molecule has 1 heterocycles. The SMILES string of the molecule is COC(=O)c1sc(Br)c(Br)c1OC(C)C(=O)OC(C)(C)C. The fourth-order valence-electron chi connectivity index (χ4n) is 1.31. The molecule has 0 saturated heterocycles. The molecule has 0 saturated carbocycles. The first-order chi connectivity index (χ1) is 9.56. The van der Waals surface area contributed by atoms with E-state index in [0.717, 1.165) is 11.3 Å². The van der Waals surface area contributed by atoms with E-state index in [1.165, 1.54) is 7.11 Å². The van der Waals surface area contributed by atoms with Gasteiger partial charge in [-0.3, -0.25) is 0 Å². The van der Waals surface area contributed by atoms with Gasteiger partial charge in [0.15, 0.2) is 16.7 Å². The molecule has 0 fully saturated rings. The van der Waals surface area contributed by atoms with Crippen LogP contribution < -0.4 is 4.74 Å². The van der Waals surface area contributed by atoms with Gasteiger partial charge in [-0.05, 0) is 59.6 Å². The van der Waals surface area contributed by atoms with Crippen LogP contribution in [0, 0.1) is 0 Å². The molecule has 118 valence electrons. The van der Waals surface area contributed by atoms with Gasteiger partial charge in [0.1, 0.15) is 5.60 Å². The van der Waals surface area contributed by atoms with Crippen molar-refractivity contribution in [2.45, 2.75) is 39.4 Å². The Morgan fingerprint density at radius 3 is 2.29 bits per heavy atom. The molecule has 5 nitrogen and oxygen atoms in total. The van der Waals surface area contributed by atoms with Crippen LogP contribution in [0.2, 0.25) is 0 Å². The first-order valence-corrected chi connectivity index (χ1v) is 8.42. The van der Waals surface area contributed by atoms with Crippen LogP contribution in [0.15, 0.2) is 8.26 Å². The predicted octanol–water partition coefficient (Wildman–Crippen LogP) is 4.17. The monoisotopic (exact) mass is 442 g/mol. The summed E-state index contributed by atoms with van der Waals surface area (Å²) in [6.07, 6.45) is -0.856. The van der Waals surface area contributed by atoms with Crippen LogP contribution in [0.25, 0.3) is 0 Å². The summed E-state index contributed by atoms with van der Waals surface area (Å²) in [6.45, 7) is 6.88. The van der Waals surface area contributed by atoms with E-state index in [9.17, 15) is 9.59 Å². The van der Waals surface area contributed by atoms with Crippen molar-refractivity contribution in [1.29, 1.82) is 0 Å². The largest absolute Gasteiger partial charge is 0.476 e. The van der Waals surface area contributed by atoms with Crippen LogP contribution >= 0.6 is 43.2 Å². The quantitative estimate of drug-likeness (QED) is 0.653. The number of carbonyl (C=O) groups is 2. The highest BCUT2D eigenvalue weighted by atomic mass is 79.9. The lowest BCUT2D eigenvalue weighted by Gasteiger charge is -2.22. The topological polar surface area (TPSA) is 61.8 Å². The van der Waals surface area contributed by atoms with Gasteiger partial charge in [0.05, 0.1) is 15.4 Å². The van der Waals surface area contributed by atoms with Crippen LogP contribution in [0.5, 0.6) is 5.75 Å². The molecule has 0 spiro atoms. The molecule has 0 radical (unpaired) electrons. The van der Waals surface area contributed by atoms with Gasteiger partial charge in [0, 0.05) is 0 Å². The molecule has 1 unspecified atom stereocenters. The second kappa shape index (κ2) is 7.11. The van der Waals surface area contributed by atoms with Gasteiger partial charge < -0.3 is 14.2 Å². The maximum Gasteiger partial charge on any atom is 0.351 e. The number of ether oxygens (including phenoxy) is 3. The molecule has 8 heteroatoms. The standard InChI is InChI=1S/C13H16Br2O5S/c1-6(11(16)20-13(2,3)4)19-8-7(14)10(15)21-9(8)12(17)18-5/h6H,1-5H3. The summed E-state index contributed by atoms with van der Waals surface area (Å²) in [5.74, 6) is -0.776. The lowest BCUT2D eigenvalue weighted by molar-refractivity contribution is -0.162. The van der Waals surface area contributed by atoms with E-state index in [1.54, 1.807) is 27.7 Å². The maximum absolute atomic E-state index is 11.9. The number of hydrogen-bond acceptors (Lipinski definition) is 6. The van der Waals surface area contributed by atoms with Gasteiger partial charge in [-0.15, -0.1) is 11.3 Å². The molecule has 1 atom stereocenters. The molecular weight excluding hydrogens is 428 g/mol. The number of rotatable bonds is 4. The molecule has 1 aromatic rings. The van der Waals surface area contributed by atoms with Crippen molar-refractivity contribution in [3.8, 4) is 5.75 Å². The zero-order valence-electron chi connectivity index (χ0n) is 12.3. The van der Waals surface area contributed by atoms with Gasteiger partial charge in [0.2, 0.25) is 0 Å². The predicted molar refractivity (Wildman–Crippen MR) is 87.0 cm³/mol. The Hall–Kier alpha value is -0.600. The summed E-state index contributed by atoms with van der Waals surface area (Å²) < 4.78 is 16.8. The van der Waals surface area contributed by atoms with E-state index in [-0.39, 0.29) is 10.6 Å². The van der Waals surface area contributed by atoms with Gasteiger partial charge in [-0.25, -0.2) is 9.59 Å². The van der Waals surface area contributed by atoms with E-state index < -0.39 is 23.6 Å². The fraction of sp³-hybridized carbons (Fsp3) is 0.538. The summed E-state index contributed by atoms with van der Waals surface area (Å²) in [4.78, 5) is 23.9. The second-order valence-corrected chi connectivity index (χ2v) is 8.26. The lowest BCUT2D eigenvalue weighted by atomic mass is 10.2. The van der Waals surface area contributed by atoms with Gasteiger partial charge in [-0.2, -0.15) is 0 Å². The van der Waals surface area contributed by atoms with E-state index in [4.69, 9.17) is 14.2 Å². The third kappa shape index (κ3) is 4.96. The molecule has 0 bridgehead atoms. The van der Waals surface area contributed by atoms with E-state index in [1.807, 2.05) is 0 Å². The van der Waals surface area contributed by atoms with Gasteiger partial charge in [0.25, 0.3) is 0 Å². The first kappa shape index (κ1) is 18.4. The minimum absolute atomic E-state index is 0.261. The molecule has 0 aliphatic heterocycles. The Morgan fingerprint density at radius 1 is 1.24 bits per heavy atom. The average molecular weight is 444 g/mol. The van der Waals surface area contributed by atoms with Crippen LogP contribution in [0.1, 0.15) is 37.4 Å². The third-order valence-electron chi connectivity index (χ3n) is 2.17. The smallest absolute Gasteiger partial charge is 0.351 e. The van der Waals surface area contributed by atoms with E-state index in [0.29, 0.717) is 8.26 Å². The molecule has 0 aromatic carbocycles. The van der Waals surface area contributed by atoms with E-state index >= 15 is 0 Å². The molecule has 0 aliphatic carbocycles. The van der Waals surface area contributed by atoms with Gasteiger partial charge >= 0.3 is 11.9 Å². The average Bonchev–Trinajstić information content (AvgIpc) is 2.64. The fourth-order valence-corrected chi connectivity index (χ4v) is 3.41. The number of esters is 2. The summed E-state index contributed by atoms with van der Waals surface area (Å²) >= 11 is 7.78. The number of hydrogen-bond donors (Lipinski definition) is 0. The van der Waals surface area contributed by atoms with Crippen molar-refractivity contribution in [3.63, 3.8) is 0 Å². The normalized spacial score (nSPS) is 12.7. The Bertz CT molecular complexity index is 547. The Balaban J connectivity index is 2.97. The Morgan fingerprint density at radius 2 is 1.81 bits per heavy atom. The Labute approximate surface area is 144 Å². The summed E-state index contributed by atoms with van der Waals surface area (Å²) in [7, 11) is 1.28. The van der Waals surface area contributed by atoms with Crippen molar-refractivity contribution in [2.75, 3.05) is 7.11 Å². The van der Waals surface area contributed by atoms with Crippen LogP contribution in [0.3, 0.4) is 0 Å². The van der Waals surface area contributed by atoms with E-state index in [2.05, 4.69) is 31.9 Å². The minimum atomic E-state index is -0.856. The number of halogens is 2. The number of methoxy groups -OCH3 is 1. The van der Waals surface area contributed by atoms with Gasteiger partial charge in [-0.1, -0.05) is 0 Å². The number of carbonyl (C=O) groups excluding carboxylic acids is 2. The highest BCUT2D eigenvalue weighted by molar-refractivity contribution is 9.13. The summed E-state index contributed by atoms with van der Waals surface area (Å²) in [5.41, 5.74) is -0.605. The second-order valence-electron chi connectivity index (χ2n) is 5.13. The van der Waals surface area contributed by atoms with Crippen molar-refractivity contribution >= 4 is 55.1 Å². The molecular formula is C13H16Br2O5S. The highest BCUT2D eigenvalue weighted by Crippen LogP contribution is 2.44. The van der Waals surface area contributed by atoms with Crippen molar-refractivity contribution in [2.24, 2.45) is 0 Å². The minimum Gasteiger partial charge on any atom is -0.476 e. The molecule has 0 aliphatic rings. The maximum atomic E-state index is 11.9. The van der Waals surface area contributed by atoms with Crippen LogP contribution in [-0.4, -0.2) is 30.8 Å². The lowest BCUT2D eigenvalue weighted by Crippen LogP contribution is -2.33. The number of thiophene rings is 1. The van der Waals surface area contributed by atoms with Crippen molar-refractivity contribution in [1.82, 2.24) is 0 Å². The first-order valence-electron chi connectivity index (χ1n) is 6.02. The Kier molecular flexibility index (Phi) is 6.24.